The number of carboxylic acids is 1. The molecule has 2 aliphatic rings. The first kappa shape index (κ1) is 10.4. The number of piperazine rings is 1. The summed E-state index contributed by atoms with van der Waals surface area (Å²) in [6, 6.07) is 0.111. The van der Waals surface area contributed by atoms with Gasteiger partial charge in [0.05, 0.1) is 6.04 Å². The molecule has 1 aliphatic heterocycles. The Morgan fingerprint density at radius 3 is 2.93 bits per heavy atom. The fraction of sp³-hybridized carbons (Fsp3) is 0.800. The molecule has 3 atom stereocenters. The highest BCUT2D eigenvalue weighted by molar-refractivity contribution is 5.85. The van der Waals surface area contributed by atoms with E-state index in [0.29, 0.717) is 6.04 Å². The lowest BCUT2D eigenvalue weighted by Gasteiger charge is -2.37. The summed E-state index contributed by atoms with van der Waals surface area (Å²) < 4.78 is 0. The third kappa shape index (κ3) is 2.28. The van der Waals surface area contributed by atoms with Gasteiger partial charge in [-0.2, -0.15) is 0 Å². The lowest BCUT2D eigenvalue weighted by molar-refractivity contribution is -0.718. The SMILES string of the molecule is O=C([O-])C[C@H]1[NH2+][C@H]2CCCC[C@@H]2NC1=O. The zero-order chi connectivity index (χ0) is 10.8. The van der Waals surface area contributed by atoms with E-state index in [9.17, 15) is 14.7 Å². The molecule has 5 heteroatoms. The molecule has 0 bridgehead atoms. The number of nitrogens with one attached hydrogen (secondary N) is 1. The molecule has 84 valence electrons. The monoisotopic (exact) mass is 212 g/mol. The van der Waals surface area contributed by atoms with Crippen molar-refractivity contribution in [2.24, 2.45) is 0 Å². The van der Waals surface area contributed by atoms with E-state index in [1.807, 2.05) is 5.32 Å². The normalized spacial score (nSPS) is 35.5. The van der Waals surface area contributed by atoms with Crippen molar-refractivity contribution in [3.63, 3.8) is 0 Å². The lowest BCUT2D eigenvalue weighted by atomic mass is 9.87. The summed E-state index contributed by atoms with van der Waals surface area (Å²) >= 11 is 0. The van der Waals surface area contributed by atoms with Gasteiger partial charge in [-0.1, -0.05) is 6.42 Å². The Balaban J connectivity index is 1.98. The molecule has 1 heterocycles. The first-order valence-corrected chi connectivity index (χ1v) is 5.52. The van der Waals surface area contributed by atoms with E-state index in [-0.39, 0.29) is 18.4 Å². The fourth-order valence-corrected chi connectivity index (χ4v) is 2.58. The van der Waals surface area contributed by atoms with Gasteiger partial charge < -0.3 is 20.5 Å². The standard InChI is InChI=1S/C10H16N2O3/c13-9(14)5-8-10(15)12-7-4-2-1-3-6(7)11-8/h6-8,11H,1-5H2,(H,12,15)(H,13,14)/t6-,7-,8+/m0/s1. The Labute approximate surface area is 88.2 Å². The molecule has 0 spiro atoms. The van der Waals surface area contributed by atoms with Gasteiger partial charge in [-0.15, -0.1) is 0 Å². The molecule has 3 N–H and O–H groups in total. The molecule has 1 amide bonds. The van der Waals surface area contributed by atoms with Crippen molar-refractivity contribution in [2.45, 2.75) is 50.2 Å². The molecule has 1 saturated heterocycles. The minimum absolute atomic E-state index is 0.151. The summed E-state index contributed by atoms with van der Waals surface area (Å²) in [5.74, 6) is -1.30. The Morgan fingerprint density at radius 1 is 1.47 bits per heavy atom. The summed E-state index contributed by atoms with van der Waals surface area (Å²) in [7, 11) is 0. The number of hydrogen-bond acceptors (Lipinski definition) is 3. The minimum atomic E-state index is -1.15. The maximum atomic E-state index is 11.6. The molecule has 0 aromatic carbocycles. The molecule has 1 saturated carbocycles. The number of nitrogens with two attached hydrogens (primary N) is 1. The van der Waals surface area contributed by atoms with Gasteiger partial charge in [0.15, 0.2) is 6.04 Å². The summed E-state index contributed by atoms with van der Waals surface area (Å²) in [6.07, 6.45) is 4.22. The highest BCUT2D eigenvalue weighted by atomic mass is 16.4. The van der Waals surface area contributed by atoms with Crippen LogP contribution in [0.5, 0.6) is 0 Å². The second kappa shape index (κ2) is 4.18. The second-order valence-electron chi connectivity index (χ2n) is 4.44. The van der Waals surface area contributed by atoms with Gasteiger partial charge in [0, 0.05) is 18.8 Å². The van der Waals surface area contributed by atoms with Gasteiger partial charge >= 0.3 is 0 Å². The van der Waals surface area contributed by atoms with Gasteiger partial charge in [0.1, 0.15) is 6.04 Å². The topological polar surface area (TPSA) is 85.8 Å². The molecule has 2 fully saturated rings. The smallest absolute Gasteiger partial charge is 0.279 e. The average molecular weight is 212 g/mol. The van der Waals surface area contributed by atoms with Crippen LogP contribution in [0.15, 0.2) is 0 Å². The average Bonchev–Trinajstić information content (AvgIpc) is 2.18. The van der Waals surface area contributed by atoms with Crippen LogP contribution in [0.25, 0.3) is 0 Å². The lowest BCUT2D eigenvalue weighted by Crippen LogP contribution is -3.03. The minimum Gasteiger partial charge on any atom is -0.550 e. The van der Waals surface area contributed by atoms with Gasteiger partial charge in [0.25, 0.3) is 5.91 Å². The van der Waals surface area contributed by atoms with Crippen LogP contribution in [0.3, 0.4) is 0 Å². The molecule has 2 rings (SSSR count). The summed E-state index contributed by atoms with van der Waals surface area (Å²) in [4.78, 5) is 22.0. The predicted molar refractivity (Wildman–Crippen MR) is 49.5 cm³/mol. The van der Waals surface area contributed by atoms with Crippen molar-refractivity contribution in [3.8, 4) is 0 Å². The summed E-state index contributed by atoms with van der Waals surface area (Å²) in [5, 5.41) is 15.3. The zero-order valence-corrected chi connectivity index (χ0v) is 8.57. The van der Waals surface area contributed by atoms with E-state index in [2.05, 4.69) is 5.32 Å². The molecular formula is C10H16N2O3. The highest BCUT2D eigenvalue weighted by Crippen LogP contribution is 2.18. The van der Waals surface area contributed by atoms with Crippen molar-refractivity contribution in [3.05, 3.63) is 0 Å². The highest BCUT2D eigenvalue weighted by Gasteiger charge is 2.39. The molecule has 5 nitrogen and oxygen atoms in total. The number of hydrogen-bond donors (Lipinski definition) is 2. The molecule has 0 aromatic rings. The van der Waals surface area contributed by atoms with Crippen LogP contribution in [0.1, 0.15) is 32.1 Å². The Hall–Kier alpha value is -1.10. The van der Waals surface area contributed by atoms with Gasteiger partial charge in [-0.3, -0.25) is 4.79 Å². The first-order valence-electron chi connectivity index (χ1n) is 5.52. The molecule has 0 radical (unpaired) electrons. The Bertz CT molecular complexity index is 280. The fourth-order valence-electron chi connectivity index (χ4n) is 2.58. The van der Waals surface area contributed by atoms with E-state index >= 15 is 0 Å². The maximum Gasteiger partial charge on any atom is 0.279 e. The summed E-state index contributed by atoms with van der Waals surface area (Å²) in [5.41, 5.74) is 0. The van der Waals surface area contributed by atoms with E-state index in [0.717, 1.165) is 19.3 Å². The molecular weight excluding hydrogens is 196 g/mol. The van der Waals surface area contributed by atoms with Crippen LogP contribution in [0.2, 0.25) is 0 Å². The quantitative estimate of drug-likeness (QED) is 0.530. The second-order valence-corrected chi connectivity index (χ2v) is 4.44. The number of carboxylic acid groups (broad SMARTS) is 1. The van der Waals surface area contributed by atoms with Crippen molar-refractivity contribution in [1.29, 1.82) is 0 Å². The van der Waals surface area contributed by atoms with Gasteiger partial charge in [-0.25, -0.2) is 0 Å². The molecule has 15 heavy (non-hydrogen) atoms. The zero-order valence-electron chi connectivity index (χ0n) is 8.57. The summed E-state index contributed by atoms with van der Waals surface area (Å²) in [6.45, 7) is 0. The number of quaternary nitrogens is 1. The number of rotatable bonds is 2. The van der Waals surface area contributed by atoms with E-state index in [1.165, 1.54) is 6.42 Å². The largest absolute Gasteiger partial charge is 0.550 e. The van der Waals surface area contributed by atoms with Crippen molar-refractivity contribution >= 4 is 11.9 Å². The van der Waals surface area contributed by atoms with Crippen molar-refractivity contribution in [1.82, 2.24) is 5.32 Å². The van der Waals surface area contributed by atoms with Gasteiger partial charge in [-0.05, 0) is 12.8 Å². The van der Waals surface area contributed by atoms with Crippen molar-refractivity contribution < 1.29 is 20.0 Å². The van der Waals surface area contributed by atoms with E-state index in [1.54, 1.807) is 0 Å². The van der Waals surface area contributed by atoms with E-state index < -0.39 is 12.0 Å². The third-order valence-corrected chi connectivity index (χ3v) is 3.35. The Morgan fingerprint density at radius 2 is 2.20 bits per heavy atom. The first-order chi connectivity index (χ1) is 7.16. The van der Waals surface area contributed by atoms with Crippen LogP contribution < -0.4 is 15.7 Å². The van der Waals surface area contributed by atoms with Crippen molar-refractivity contribution in [2.75, 3.05) is 0 Å². The Kier molecular flexibility index (Phi) is 2.90. The molecule has 0 unspecified atom stereocenters. The van der Waals surface area contributed by atoms with Gasteiger partial charge in [0.2, 0.25) is 0 Å². The van der Waals surface area contributed by atoms with Crippen LogP contribution in [-0.4, -0.2) is 30.0 Å². The number of amides is 1. The predicted octanol–water partition coefficient (Wildman–Crippen LogP) is -2.50. The molecule has 1 aliphatic carbocycles. The van der Waals surface area contributed by atoms with Crippen LogP contribution in [-0.2, 0) is 9.59 Å². The van der Waals surface area contributed by atoms with Crippen LogP contribution in [0.4, 0.5) is 0 Å². The number of fused-ring (bicyclic) bond motifs is 1. The van der Waals surface area contributed by atoms with Crippen LogP contribution in [0, 0.1) is 0 Å². The number of carbonyl (C=O) groups is 2. The maximum absolute atomic E-state index is 11.6. The van der Waals surface area contributed by atoms with E-state index in [4.69, 9.17) is 0 Å². The third-order valence-electron chi connectivity index (χ3n) is 3.35. The van der Waals surface area contributed by atoms with Crippen LogP contribution >= 0.6 is 0 Å². The molecule has 0 aromatic heterocycles. The number of aliphatic carboxylic acids is 1. The number of carbonyl (C=O) groups excluding carboxylic acids is 2.